The van der Waals surface area contributed by atoms with Gasteiger partial charge in [0.05, 0.1) is 4.90 Å². The van der Waals surface area contributed by atoms with E-state index in [1.807, 2.05) is 6.92 Å². The lowest BCUT2D eigenvalue weighted by Gasteiger charge is -2.11. The minimum atomic E-state index is -4.19. The Morgan fingerprint density at radius 1 is 0.567 bits per heavy atom. The molecule has 0 bridgehead atoms. The van der Waals surface area contributed by atoms with E-state index in [4.69, 9.17) is 0 Å². The lowest BCUT2D eigenvalue weighted by molar-refractivity contribution is 0.483. The molecule has 0 unspecified atom stereocenters. The van der Waals surface area contributed by atoms with Crippen LogP contribution in [-0.2, 0) is 10.1 Å². The maximum absolute atomic E-state index is 11.3. The molecule has 30 heavy (non-hydrogen) atoms. The Labute approximate surface area is 177 Å². The van der Waals surface area contributed by atoms with Crippen molar-refractivity contribution >= 4 is 10.1 Å². The van der Waals surface area contributed by atoms with Crippen molar-refractivity contribution in [3.05, 3.63) is 102 Å². The summed E-state index contributed by atoms with van der Waals surface area (Å²) in [5, 5.41) is 0. The summed E-state index contributed by atoms with van der Waals surface area (Å²) in [6, 6.07) is 29.5. The number of rotatable bonds is 4. The van der Waals surface area contributed by atoms with Crippen molar-refractivity contribution in [2.45, 2.75) is 18.7 Å². The molecule has 0 aliphatic heterocycles. The van der Waals surface area contributed by atoms with E-state index in [0.29, 0.717) is 0 Å². The maximum Gasteiger partial charge on any atom is 0.294 e. The van der Waals surface area contributed by atoms with E-state index >= 15 is 0 Å². The quantitative estimate of drug-likeness (QED) is 0.385. The smallest absolute Gasteiger partial charge is 0.282 e. The van der Waals surface area contributed by atoms with Gasteiger partial charge >= 0.3 is 0 Å². The van der Waals surface area contributed by atoms with Crippen LogP contribution in [0.15, 0.2) is 95.9 Å². The topological polar surface area (TPSA) is 54.4 Å². The molecule has 4 heteroatoms. The molecular weight excluding hydrogens is 392 g/mol. The molecule has 150 valence electrons. The van der Waals surface area contributed by atoms with Gasteiger partial charge in [0.15, 0.2) is 0 Å². The van der Waals surface area contributed by atoms with Gasteiger partial charge in [-0.15, -0.1) is 0 Å². The highest BCUT2D eigenvalue weighted by Gasteiger charge is 2.11. The van der Waals surface area contributed by atoms with Crippen LogP contribution in [0.25, 0.3) is 33.4 Å². The average Bonchev–Trinajstić information content (AvgIpc) is 2.74. The Hall–Kier alpha value is -3.21. The zero-order valence-electron chi connectivity index (χ0n) is 16.8. The van der Waals surface area contributed by atoms with Crippen LogP contribution in [0.3, 0.4) is 0 Å². The van der Waals surface area contributed by atoms with E-state index in [2.05, 4.69) is 73.7 Å². The van der Waals surface area contributed by atoms with Crippen molar-refractivity contribution in [2.75, 3.05) is 0 Å². The minimum absolute atomic E-state index is 0.105. The molecular formula is C26H22O3S. The van der Waals surface area contributed by atoms with Gasteiger partial charge < -0.3 is 0 Å². The highest BCUT2D eigenvalue weighted by atomic mass is 32.2. The molecule has 0 aromatic heterocycles. The van der Waals surface area contributed by atoms with Crippen LogP contribution in [0, 0.1) is 13.8 Å². The molecule has 3 nitrogen and oxygen atoms in total. The molecule has 4 aromatic carbocycles. The number of benzene rings is 4. The van der Waals surface area contributed by atoms with Gasteiger partial charge in [-0.05, 0) is 71.0 Å². The predicted octanol–water partition coefficient (Wildman–Crippen LogP) is 6.55. The number of aryl methyl sites for hydroxylation is 2. The van der Waals surface area contributed by atoms with Crippen molar-refractivity contribution in [3.8, 4) is 33.4 Å². The third-order valence-corrected chi connectivity index (χ3v) is 6.17. The Morgan fingerprint density at radius 2 is 1.00 bits per heavy atom. The fourth-order valence-corrected chi connectivity index (χ4v) is 4.00. The Bertz CT molecular complexity index is 1290. The Balaban J connectivity index is 1.67. The zero-order valence-corrected chi connectivity index (χ0v) is 17.6. The monoisotopic (exact) mass is 414 g/mol. The van der Waals surface area contributed by atoms with Gasteiger partial charge in [0.1, 0.15) is 0 Å². The van der Waals surface area contributed by atoms with E-state index in [0.717, 1.165) is 27.8 Å². The number of hydrogen-bond donors (Lipinski definition) is 1. The molecule has 4 rings (SSSR count). The Kier molecular flexibility index (Phi) is 5.29. The van der Waals surface area contributed by atoms with Gasteiger partial charge in [0.2, 0.25) is 0 Å². The first kappa shape index (κ1) is 20.1. The Morgan fingerprint density at radius 3 is 1.53 bits per heavy atom. The molecule has 0 heterocycles. The second kappa shape index (κ2) is 7.90. The summed E-state index contributed by atoms with van der Waals surface area (Å²) in [6.07, 6.45) is 0. The summed E-state index contributed by atoms with van der Waals surface area (Å²) < 4.78 is 31.8. The van der Waals surface area contributed by atoms with Crippen LogP contribution in [0.1, 0.15) is 11.1 Å². The standard InChI is InChI=1S/C26H22O3S/c1-18-3-6-20(7-4-18)21-9-11-22(12-10-21)24-8-5-19(2)26(17-24)23-13-15-25(16-14-23)30(27,28)29/h3-17H,1-2H3,(H,27,28,29). The first-order valence-corrected chi connectivity index (χ1v) is 11.1. The fourth-order valence-electron chi connectivity index (χ4n) is 3.52. The van der Waals surface area contributed by atoms with Gasteiger partial charge in [0.25, 0.3) is 10.1 Å². The molecule has 0 spiro atoms. The van der Waals surface area contributed by atoms with E-state index in [-0.39, 0.29) is 4.90 Å². The molecule has 0 radical (unpaired) electrons. The van der Waals surface area contributed by atoms with Crippen molar-refractivity contribution in [1.29, 1.82) is 0 Å². The normalized spacial score (nSPS) is 11.4. The first-order chi connectivity index (χ1) is 14.3. The largest absolute Gasteiger partial charge is 0.294 e. The number of hydrogen-bond acceptors (Lipinski definition) is 2. The minimum Gasteiger partial charge on any atom is -0.282 e. The summed E-state index contributed by atoms with van der Waals surface area (Å²) in [5.41, 5.74) is 8.82. The van der Waals surface area contributed by atoms with Crippen molar-refractivity contribution in [2.24, 2.45) is 0 Å². The van der Waals surface area contributed by atoms with Gasteiger partial charge in [-0.3, -0.25) is 4.55 Å². The second-order valence-electron chi connectivity index (χ2n) is 7.47. The second-order valence-corrected chi connectivity index (χ2v) is 8.89. The average molecular weight is 415 g/mol. The van der Waals surface area contributed by atoms with Crippen molar-refractivity contribution in [1.82, 2.24) is 0 Å². The summed E-state index contributed by atoms with van der Waals surface area (Å²) >= 11 is 0. The predicted molar refractivity (Wildman–Crippen MR) is 122 cm³/mol. The van der Waals surface area contributed by atoms with Crippen molar-refractivity contribution in [3.63, 3.8) is 0 Å². The lowest BCUT2D eigenvalue weighted by Crippen LogP contribution is -1.97. The highest BCUT2D eigenvalue weighted by molar-refractivity contribution is 7.85. The van der Waals surface area contributed by atoms with Gasteiger partial charge in [-0.2, -0.15) is 8.42 Å². The SMILES string of the molecule is Cc1ccc(-c2ccc(-c3ccc(C)c(-c4ccc(S(=O)(=O)O)cc4)c3)cc2)cc1. The molecule has 0 amide bonds. The highest BCUT2D eigenvalue weighted by Crippen LogP contribution is 2.31. The van der Waals surface area contributed by atoms with E-state index in [9.17, 15) is 13.0 Å². The van der Waals surface area contributed by atoms with Crippen LogP contribution < -0.4 is 0 Å². The van der Waals surface area contributed by atoms with E-state index in [1.165, 1.54) is 28.8 Å². The van der Waals surface area contributed by atoms with E-state index < -0.39 is 10.1 Å². The summed E-state index contributed by atoms with van der Waals surface area (Å²) in [4.78, 5) is -0.105. The van der Waals surface area contributed by atoms with Crippen LogP contribution in [0.4, 0.5) is 0 Å². The zero-order chi connectivity index (χ0) is 21.3. The van der Waals surface area contributed by atoms with Crippen LogP contribution in [0.2, 0.25) is 0 Å². The molecule has 0 aliphatic carbocycles. The molecule has 0 atom stereocenters. The molecule has 0 fully saturated rings. The van der Waals surface area contributed by atoms with Gasteiger partial charge in [0, 0.05) is 0 Å². The third-order valence-electron chi connectivity index (χ3n) is 5.30. The summed E-state index contributed by atoms with van der Waals surface area (Å²) in [5.74, 6) is 0. The molecule has 1 N–H and O–H groups in total. The third kappa shape index (κ3) is 4.20. The van der Waals surface area contributed by atoms with Gasteiger partial charge in [-0.25, -0.2) is 0 Å². The first-order valence-electron chi connectivity index (χ1n) is 9.67. The van der Waals surface area contributed by atoms with Gasteiger partial charge in [-0.1, -0.05) is 78.4 Å². The van der Waals surface area contributed by atoms with E-state index in [1.54, 1.807) is 12.1 Å². The van der Waals surface area contributed by atoms with Crippen LogP contribution in [-0.4, -0.2) is 13.0 Å². The van der Waals surface area contributed by atoms with Crippen LogP contribution in [0.5, 0.6) is 0 Å². The maximum atomic E-state index is 11.3. The molecule has 0 aliphatic rings. The fraction of sp³-hybridized carbons (Fsp3) is 0.0769. The molecule has 4 aromatic rings. The molecule has 0 saturated carbocycles. The summed E-state index contributed by atoms with van der Waals surface area (Å²) in [7, 11) is -4.19. The molecule has 0 saturated heterocycles. The summed E-state index contributed by atoms with van der Waals surface area (Å²) in [6.45, 7) is 4.11. The lowest BCUT2D eigenvalue weighted by atomic mass is 9.94. The van der Waals surface area contributed by atoms with Crippen LogP contribution >= 0.6 is 0 Å². The van der Waals surface area contributed by atoms with Crippen molar-refractivity contribution < 1.29 is 13.0 Å².